The Morgan fingerprint density at radius 1 is 1.12 bits per heavy atom. The van der Waals surface area contributed by atoms with Gasteiger partial charge >= 0.3 is 18.0 Å². The lowest BCUT2D eigenvalue weighted by Crippen LogP contribution is -2.39. The molecule has 3 amide bonds. The van der Waals surface area contributed by atoms with Crippen LogP contribution in [0.25, 0.3) is 0 Å². The van der Waals surface area contributed by atoms with Crippen molar-refractivity contribution >= 4 is 23.9 Å². The van der Waals surface area contributed by atoms with Gasteiger partial charge in [0.1, 0.15) is 5.69 Å². The highest BCUT2D eigenvalue weighted by molar-refractivity contribution is 6.00. The van der Waals surface area contributed by atoms with E-state index in [2.05, 4.69) is 10.3 Å². The maximum absolute atomic E-state index is 12.1. The van der Waals surface area contributed by atoms with Crippen molar-refractivity contribution in [3.05, 3.63) is 22.5 Å². The third kappa shape index (κ3) is 4.83. The zero-order valence-corrected chi connectivity index (χ0v) is 14.2. The second-order valence-electron chi connectivity index (χ2n) is 5.28. The van der Waals surface area contributed by atoms with Crippen LogP contribution in [0.15, 0.2) is 0 Å². The van der Waals surface area contributed by atoms with E-state index in [1.54, 1.807) is 27.7 Å². The minimum atomic E-state index is -0.814. The van der Waals surface area contributed by atoms with Gasteiger partial charge in [-0.1, -0.05) is 0 Å². The molecular weight excluding hydrogens is 318 g/mol. The highest BCUT2D eigenvalue weighted by Crippen LogP contribution is 2.20. The van der Waals surface area contributed by atoms with Crippen LogP contribution in [0.3, 0.4) is 0 Å². The molecule has 0 radical (unpaired) electrons. The van der Waals surface area contributed by atoms with Crippen molar-refractivity contribution in [1.29, 1.82) is 0 Å². The molecule has 0 saturated carbocycles. The molecule has 0 aromatic carbocycles. The summed E-state index contributed by atoms with van der Waals surface area (Å²) in [6.07, 6.45) is -0.296. The van der Waals surface area contributed by atoms with Gasteiger partial charge < -0.3 is 19.8 Å². The molecule has 1 aromatic rings. The highest BCUT2D eigenvalue weighted by Gasteiger charge is 2.24. The third-order valence-corrected chi connectivity index (χ3v) is 3.00. The highest BCUT2D eigenvalue weighted by atomic mass is 16.5. The molecule has 0 bridgehead atoms. The number of aryl methyl sites for hydroxylation is 1. The molecule has 0 saturated heterocycles. The molecule has 0 aliphatic carbocycles. The summed E-state index contributed by atoms with van der Waals surface area (Å²) >= 11 is 0. The van der Waals surface area contributed by atoms with Crippen LogP contribution in [0.5, 0.6) is 0 Å². The minimum absolute atomic E-state index is 0.0518. The Bertz CT molecular complexity index is 662. The molecule has 0 aliphatic rings. The molecule has 0 spiro atoms. The first kappa shape index (κ1) is 19.2. The van der Waals surface area contributed by atoms with Gasteiger partial charge in [0, 0.05) is 12.7 Å². The second-order valence-corrected chi connectivity index (χ2v) is 5.28. The number of ether oxygens (including phenoxy) is 2. The first-order valence-corrected chi connectivity index (χ1v) is 7.26. The van der Waals surface area contributed by atoms with Gasteiger partial charge in [0.05, 0.1) is 11.7 Å². The average Bonchev–Trinajstić information content (AvgIpc) is 2.78. The fraction of sp³-hybridized carbons (Fsp3) is 0.467. The van der Waals surface area contributed by atoms with Crippen LogP contribution in [0.4, 0.5) is 4.79 Å². The number of esters is 2. The Morgan fingerprint density at radius 3 is 2.29 bits per heavy atom. The minimum Gasteiger partial charge on any atom is -0.459 e. The van der Waals surface area contributed by atoms with Crippen LogP contribution >= 0.6 is 0 Å². The van der Waals surface area contributed by atoms with Crippen LogP contribution in [0, 0.1) is 13.8 Å². The third-order valence-electron chi connectivity index (χ3n) is 3.00. The topological polar surface area (TPSA) is 127 Å². The van der Waals surface area contributed by atoms with E-state index in [9.17, 15) is 19.2 Å². The number of aromatic amines is 1. The number of hydrogen-bond acceptors (Lipinski definition) is 6. The molecule has 1 heterocycles. The number of nitrogens with one attached hydrogen (secondary N) is 3. The molecule has 0 fully saturated rings. The van der Waals surface area contributed by atoms with Crippen molar-refractivity contribution in [2.75, 3.05) is 13.7 Å². The molecule has 9 heteroatoms. The molecule has 24 heavy (non-hydrogen) atoms. The van der Waals surface area contributed by atoms with E-state index in [-0.39, 0.29) is 17.4 Å². The van der Waals surface area contributed by atoms with Gasteiger partial charge in [-0.05, 0) is 33.3 Å². The summed E-state index contributed by atoms with van der Waals surface area (Å²) in [6.45, 7) is 6.00. The van der Waals surface area contributed by atoms with Crippen LogP contribution < -0.4 is 10.6 Å². The van der Waals surface area contributed by atoms with Gasteiger partial charge in [0.25, 0.3) is 5.91 Å². The number of H-pyrrole nitrogens is 1. The number of carbonyl (C=O) groups is 4. The summed E-state index contributed by atoms with van der Waals surface area (Å²) in [5.41, 5.74) is 1.14. The van der Waals surface area contributed by atoms with E-state index in [0.29, 0.717) is 11.3 Å². The molecule has 0 unspecified atom stereocenters. The standard InChI is InChI=1S/C15H21N3O6/c1-7(2)24-13(20)11-8(3)12(17-9(11)4)14(21)23-6-10(19)18-15(22)16-5/h7,17H,6H2,1-5H3,(H2,16,18,19,22). The number of aromatic nitrogens is 1. The zero-order chi connectivity index (χ0) is 18.4. The largest absolute Gasteiger partial charge is 0.459 e. The summed E-state index contributed by atoms with van der Waals surface area (Å²) in [7, 11) is 1.34. The lowest BCUT2D eigenvalue weighted by molar-refractivity contribution is -0.123. The smallest absolute Gasteiger partial charge is 0.355 e. The van der Waals surface area contributed by atoms with Crippen molar-refractivity contribution in [1.82, 2.24) is 15.6 Å². The molecule has 132 valence electrons. The maximum atomic E-state index is 12.1. The van der Waals surface area contributed by atoms with Gasteiger partial charge in [0.2, 0.25) is 0 Å². The summed E-state index contributed by atoms with van der Waals surface area (Å²) in [6, 6.07) is -0.707. The lowest BCUT2D eigenvalue weighted by atomic mass is 10.1. The number of imide groups is 1. The van der Waals surface area contributed by atoms with E-state index in [4.69, 9.17) is 9.47 Å². The average molecular weight is 339 g/mol. The molecule has 3 N–H and O–H groups in total. The van der Waals surface area contributed by atoms with Crippen molar-refractivity contribution in [3.63, 3.8) is 0 Å². The second kappa shape index (κ2) is 8.14. The Balaban J connectivity index is 2.80. The van der Waals surface area contributed by atoms with E-state index in [0.717, 1.165) is 0 Å². The van der Waals surface area contributed by atoms with E-state index >= 15 is 0 Å². The van der Waals surface area contributed by atoms with Crippen LogP contribution in [0.1, 0.15) is 46.0 Å². The van der Waals surface area contributed by atoms with Crippen LogP contribution in [0.2, 0.25) is 0 Å². The molecule has 9 nitrogen and oxygen atoms in total. The number of rotatable bonds is 5. The summed E-state index contributed by atoms with van der Waals surface area (Å²) in [4.78, 5) is 49.2. The Morgan fingerprint density at radius 2 is 1.75 bits per heavy atom. The van der Waals surface area contributed by atoms with E-state index in [1.165, 1.54) is 7.05 Å². The molecular formula is C15H21N3O6. The summed E-state index contributed by atoms with van der Waals surface area (Å²) < 4.78 is 9.96. The van der Waals surface area contributed by atoms with Gasteiger partial charge in [-0.2, -0.15) is 0 Å². The maximum Gasteiger partial charge on any atom is 0.355 e. The monoisotopic (exact) mass is 339 g/mol. The molecule has 0 atom stereocenters. The molecule has 0 aliphatic heterocycles. The van der Waals surface area contributed by atoms with Crippen LogP contribution in [-0.4, -0.2) is 48.6 Å². The van der Waals surface area contributed by atoms with E-state index in [1.807, 2.05) is 5.32 Å². The fourth-order valence-electron chi connectivity index (χ4n) is 1.96. The van der Waals surface area contributed by atoms with Crippen molar-refractivity contribution in [2.24, 2.45) is 0 Å². The van der Waals surface area contributed by atoms with Gasteiger partial charge in [-0.25, -0.2) is 14.4 Å². The van der Waals surface area contributed by atoms with Crippen LogP contribution in [-0.2, 0) is 14.3 Å². The Kier molecular flexibility index (Phi) is 6.51. The Labute approximate surface area is 139 Å². The number of carbonyl (C=O) groups excluding carboxylic acids is 4. The van der Waals surface area contributed by atoms with E-state index < -0.39 is 30.5 Å². The molecule has 1 rings (SSSR count). The normalized spacial score (nSPS) is 10.2. The number of hydrogen-bond donors (Lipinski definition) is 3. The predicted octanol–water partition coefficient (Wildman–Crippen LogP) is 0.809. The number of amides is 3. The van der Waals surface area contributed by atoms with Gasteiger partial charge in [-0.15, -0.1) is 0 Å². The fourth-order valence-corrected chi connectivity index (χ4v) is 1.96. The number of urea groups is 1. The summed E-state index contributed by atoms with van der Waals surface area (Å²) in [5, 5.41) is 4.15. The first-order chi connectivity index (χ1) is 11.2. The van der Waals surface area contributed by atoms with Crippen molar-refractivity contribution < 1.29 is 28.7 Å². The van der Waals surface area contributed by atoms with Gasteiger partial charge in [-0.3, -0.25) is 10.1 Å². The summed E-state index contributed by atoms with van der Waals surface area (Å²) in [5.74, 6) is -2.14. The van der Waals surface area contributed by atoms with Gasteiger partial charge in [0.15, 0.2) is 6.61 Å². The zero-order valence-electron chi connectivity index (χ0n) is 14.2. The van der Waals surface area contributed by atoms with Crippen molar-refractivity contribution in [2.45, 2.75) is 33.8 Å². The molecule has 1 aromatic heterocycles. The lowest BCUT2D eigenvalue weighted by Gasteiger charge is -2.08. The van der Waals surface area contributed by atoms with Crippen molar-refractivity contribution in [3.8, 4) is 0 Å². The quantitative estimate of drug-likeness (QED) is 0.681. The Hall–Kier alpha value is -2.84. The first-order valence-electron chi connectivity index (χ1n) is 7.26. The predicted molar refractivity (Wildman–Crippen MR) is 83.7 cm³/mol. The SMILES string of the molecule is CNC(=O)NC(=O)COC(=O)c1[nH]c(C)c(C(=O)OC(C)C)c1C.